The third-order valence-corrected chi connectivity index (χ3v) is 6.79. The van der Waals surface area contributed by atoms with Crippen LogP contribution in [0, 0.1) is 10.8 Å². The number of fused-ring (bicyclic) bond motifs is 1. The first-order chi connectivity index (χ1) is 9.81. The molecule has 1 heterocycles. The zero-order chi connectivity index (χ0) is 13.6. The highest BCUT2D eigenvalue weighted by atomic mass is 32.2. The predicted octanol–water partition coefficient (Wildman–Crippen LogP) is 5.70. The minimum Gasteiger partial charge on any atom is -0.125 e. The van der Waals surface area contributed by atoms with Crippen LogP contribution in [0.4, 0.5) is 0 Å². The van der Waals surface area contributed by atoms with Gasteiger partial charge >= 0.3 is 0 Å². The first-order valence-corrected chi connectivity index (χ1v) is 8.90. The molecule has 1 aromatic rings. The van der Waals surface area contributed by atoms with Crippen molar-refractivity contribution in [1.29, 1.82) is 0 Å². The minimum atomic E-state index is 0.375. The molecule has 2 atom stereocenters. The summed E-state index contributed by atoms with van der Waals surface area (Å²) in [4.78, 5) is 1.50. The van der Waals surface area contributed by atoms with Gasteiger partial charge in [-0.25, -0.2) is 0 Å². The highest BCUT2D eigenvalue weighted by Gasteiger charge is 2.68. The quantitative estimate of drug-likeness (QED) is 0.627. The van der Waals surface area contributed by atoms with Crippen molar-refractivity contribution in [2.75, 3.05) is 5.75 Å². The second kappa shape index (κ2) is 4.53. The molecule has 1 fully saturated rings. The van der Waals surface area contributed by atoms with Crippen molar-refractivity contribution in [1.82, 2.24) is 0 Å². The van der Waals surface area contributed by atoms with Gasteiger partial charge in [-0.2, -0.15) is 0 Å². The van der Waals surface area contributed by atoms with Crippen molar-refractivity contribution >= 4 is 17.3 Å². The molecule has 1 aliphatic heterocycles. The van der Waals surface area contributed by atoms with Crippen LogP contribution in [-0.2, 0) is 0 Å². The van der Waals surface area contributed by atoms with E-state index < -0.39 is 0 Å². The lowest BCUT2D eigenvalue weighted by Gasteiger charge is -2.26. The SMILES string of the molecule is CCC/C=C1\c2ccccc2SCC23CCC=CC12C3. The average molecular weight is 282 g/mol. The first kappa shape index (κ1) is 12.8. The summed E-state index contributed by atoms with van der Waals surface area (Å²) >= 11 is 2.09. The summed E-state index contributed by atoms with van der Waals surface area (Å²) in [6.07, 6.45) is 14.0. The molecule has 0 bridgehead atoms. The lowest BCUT2D eigenvalue weighted by molar-refractivity contribution is 0.451. The van der Waals surface area contributed by atoms with Crippen LogP contribution in [0.5, 0.6) is 0 Å². The summed E-state index contributed by atoms with van der Waals surface area (Å²) in [5, 5.41) is 0. The number of benzene rings is 1. The molecule has 104 valence electrons. The van der Waals surface area contributed by atoms with E-state index in [0.29, 0.717) is 10.8 Å². The van der Waals surface area contributed by atoms with Gasteiger partial charge in [0.25, 0.3) is 0 Å². The van der Waals surface area contributed by atoms with Crippen LogP contribution < -0.4 is 0 Å². The number of allylic oxidation sites excluding steroid dienone is 4. The minimum absolute atomic E-state index is 0.375. The van der Waals surface area contributed by atoms with Crippen molar-refractivity contribution in [2.45, 2.75) is 43.9 Å². The van der Waals surface area contributed by atoms with Crippen molar-refractivity contribution in [3.05, 3.63) is 48.1 Å². The maximum atomic E-state index is 2.56. The summed E-state index contributed by atoms with van der Waals surface area (Å²) in [6, 6.07) is 9.05. The third-order valence-electron chi connectivity index (χ3n) is 5.43. The summed E-state index contributed by atoms with van der Waals surface area (Å²) in [5.74, 6) is 1.30. The average Bonchev–Trinajstić information content (AvgIpc) is 3.17. The molecule has 0 saturated heterocycles. The zero-order valence-electron chi connectivity index (χ0n) is 12.2. The second-order valence-electron chi connectivity index (χ2n) is 6.56. The number of unbranched alkanes of at least 4 members (excludes halogenated alkanes) is 1. The van der Waals surface area contributed by atoms with Gasteiger partial charge in [-0.05, 0) is 48.3 Å². The number of thioether (sulfide) groups is 1. The van der Waals surface area contributed by atoms with Gasteiger partial charge in [0, 0.05) is 16.1 Å². The summed E-state index contributed by atoms with van der Waals surface area (Å²) in [6.45, 7) is 2.28. The second-order valence-corrected chi connectivity index (χ2v) is 7.58. The molecule has 4 rings (SSSR count). The van der Waals surface area contributed by atoms with Crippen LogP contribution in [0.3, 0.4) is 0 Å². The molecular formula is C19H22S. The molecule has 1 aromatic carbocycles. The maximum Gasteiger partial charge on any atom is 0.0206 e. The Kier molecular flexibility index (Phi) is 2.89. The fourth-order valence-corrected chi connectivity index (χ4v) is 5.70. The van der Waals surface area contributed by atoms with Crippen LogP contribution in [-0.4, -0.2) is 5.75 Å². The molecule has 1 saturated carbocycles. The number of hydrogen-bond donors (Lipinski definition) is 0. The largest absolute Gasteiger partial charge is 0.125 e. The van der Waals surface area contributed by atoms with Crippen molar-refractivity contribution in [3.8, 4) is 0 Å². The fraction of sp³-hybridized carbons (Fsp3) is 0.474. The van der Waals surface area contributed by atoms with Crippen LogP contribution >= 0.6 is 11.8 Å². The highest BCUT2D eigenvalue weighted by Crippen LogP contribution is 2.77. The van der Waals surface area contributed by atoms with E-state index in [0.717, 1.165) is 0 Å². The lowest BCUT2D eigenvalue weighted by atomic mass is 9.77. The van der Waals surface area contributed by atoms with Gasteiger partial charge in [0.2, 0.25) is 0 Å². The van der Waals surface area contributed by atoms with Gasteiger partial charge < -0.3 is 0 Å². The standard InChI is InChI=1S/C19H22S/c1-2-3-9-16-15-8-4-5-10-17(15)20-14-18-11-6-7-12-19(16,18)13-18/h4-5,7-10,12H,2-3,6,11,13-14H2,1H3/b16-9+. The topological polar surface area (TPSA) is 0 Å². The van der Waals surface area contributed by atoms with E-state index in [1.807, 2.05) is 0 Å². The monoisotopic (exact) mass is 282 g/mol. The van der Waals surface area contributed by atoms with E-state index >= 15 is 0 Å². The Morgan fingerprint density at radius 1 is 1.30 bits per heavy atom. The Balaban J connectivity index is 1.89. The molecule has 20 heavy (non-hydrogen) atoms. The Morgan fingerprint density at radius 2 is 2.20 bits per heavy atom. The third kappa shape index (κ3) is 1.62. The van der Waals surface area contributed by atoms with Crippen molar-refractivity contribution in [3.63, 3.8) is 0 Å². The molecule has 1 heteroatoms. The Morgan fingerprint density at radius 3 is 3.10 bits per heavy atom. The van der Waals surface area contributed by atoms with Gasteiger partial charge in [-0.3, -0.25) is 0 Å². The molecular weight excluding hydrogens is 260 g/mol. The molecule has 2 unspecified atom stereocenters. The Bertz CT molecular complexity index is 598. The van der Waals surface area contributed by atoms with Crippen LogP contribution in [0.1, 0.15) is 44.6 Å². The van der Waals surface area contributed by atoms with Crippen molar-refractivity contribution < 1.29 is 0 Å². The van der Waals surface area contributed by atoms with Gasteiger partial charge in [-0.1, -0.05) is 49.8 Å². The highest BCUT2D eigenvalue weighted by molar-refractivity contribution is 7.99. The summed E-state index contributed by atoms with van der Waals surface area (Å²) < 4.78 is 0. The summed E-state index contributed by atoms with van der Waals surface area (Å²) in [7, 11) is 0. The smallest absolute Gasteiger partial charge is 0.0206 e. The van der Waals surface area contributed by atoms with Gasteiger partial charge in [0.05, 0.1) is 0 Å². The molecule has 2 aliphatic carbocycles. The van der Waals surface area contributed by atoms with Crippen molar-refractivity contribution in [2.24, 2.45) is 10.8 Å². The van der Waals surface area contributed by atoms with E-state index in [9.17, 15) is 0 Å². The van der Waals surface area contributed by atoms with E-state index in [1.54, 1.807) is 5.57 Å². The zero-order valence-corrected chi connectivity index (χ0v) is 13.0. The van der Waals surface area contributed by atoms with E-state index in [2.05, 4.69) is 61.2 Å². The van der Waals surface area contributed by atoms with Crippen LogP contribution in [0.2, 0.25) is 0 Å². The molecule has 0 radical (unpaired) electrons. The summed E-state index contributed by atoms with van der Waals surface area (Å²) in [5.41, 5.74) is 4.08. The molecule has 0 aromatic heterocycles. The van der Waals surface area contributed by atoms with E-state index in [1.165, 1.54) is 48.3 Å². The maximum absolute atomic E-state index is 2.56. The molecule has 3 aliphatic rings. The molecule has 0 N–H and O–H groups in total. The van der Waals surface area contributed by atoms with Crippen LogP contribution in [0.25, 0.3) is 5.57 Å². The first-order valence-electron chi connectivity index (χ1n) is 7.92. The predicted molar refractivity (Wildman–Crippen MR) is 87.9 cm³/mol. The molecule has 0 nitrogen and oxygen atoms in total. The number of rotatable bonds is 2. The Hall–Kier alpha value is -0.950. The molecule has 0 amide bonds. The van der Waals surface area contributed by atoms with Crippen LogP contribution in [0.15, 0.2) is 47.4 Å². The van der Waals surface area contributed by atoms with E-state index in [-0.39, 0.29) is 0 Å². The lowest BCUT2D eigenvalue weighted by Crippen LogP contribution is -2.18. The Labute approximate surface area is 126 Å². The van der Waals surface area contributed by atoms with Gasteiger partial charge in [-0.15, -0.1) is 11.8 Å². The number of hydrogen-bond acceptors (Lipinski definition) is 1. The normalized spacial score (nSPS) is 36.0. The fourth-order valence-electron chi connectivity index (χ4n) is 4.26. The molecule has 0 spiro atoms. The van der Waals surface area contributed by atoms with E-state index in [4.69, 9.17) is 0 Å². The van der Waals surface area contributed by atoms with Gasteiger partial charge in [0.1, 0.15) is 0 Å². The van der Waals surface area contributed by atoms with Gasteiger partial charge in [0.15, 0.2) is 0 Å².